The zero-order valence-corrected chi connectivity index (χ0v) is 14.4. The SMILES string of the molecule is CCCC[C@H]1CC[C@](C#N)(C2CCC(CCC)CC2)CC1. The molecule has 0 amide bonds. The Balaban J connectivity index is 1.85. The Morgan fingerprint density at radius 3 is 2.00 bits per heavy atom. The highest BCUT2D eigenvalue weighted by atomic mass is 14.5. The molecule has 2 fully saturated rings. The predicted octanol–water partition coefficient (Wildman–Crippen LogP) is 6.48. The van der Waals surface area contributed by atoms with E-state index < -0.39 is 0 Å². The first-order chi connectivity index (χ1) is 10.2. The summed E-state index contributed by atoms with van der Waals surface area (Å²) >= 11 is 0. The second-order valence-corrected chi connectivity index (χ2v) is 7.86. The summed E-state index contributed by atoms with van der Waals surface area (Å²) in [5.74, 6) is 2.59. The van der Waals surface area contributed by atoms with Crippen molar-refractivity contribution in [1.82, 2.24) is 0 Å². The molecule has 0 bridgehead atoms. The topological polar surface area (TPSA) is 23.8 Å². The van der Waals surface area contributed by atoms with E-state index in [0.717, 1.165) is 11.8 Å². The molecule has 0 unspecified atom stereocenters. The van der Waals surface area contributed by atoms with E-state index in [1.54, 1.807) is 0 Å². The molecule has 0 saturated heterocycles. The molecule has 21 heavy (non-hydrogen) atoms. The maximum Gasteiger partial charge on any atom is 0.0692 e. The summed E-state index contributed by atoms with van der Waals surface area (Å²) in [6.45, 7) is 4.59. The van der Waals surface area contributed by atoms with E-state index in [-0.39, 0.29) is 5.41 Å². The molecular weight excluding hydrogens is 254 g/mol. The number of nitriles is 1. The molecular formula is C20H35N. The van der Waals surface area contributed by atoms with Crippen LogP contribution in [0.4, 0.5) is 0 Å². The molecule has 1 heteroatoms. The quantitative estimate of drug-likeness (QED) is 0.548. The molecule has 0 N–H and O–H groups in total. The van der Waals surface area contributed by atoms with Crippen molar-refractivity contribution in [2.75, 3.05) is 0 Å². The van der Waals surface area contributed by atoms with Gasteiger partial charge in [-0.25, -0.2) is 0 Å². The Bertz CT molecular complexity index is 324. The molecule has 0 radical (unpaired) electrons. The van der Waals surface area contributed by atoms with Gasteiger partial charge in [-0.3, -0.25) is 0 Å². The van der Waals surface area contributed by atoms with E-state index in [9.17, 15) is 5.26 Å². The van der Waals surface area contributed by atoms with Crippen LogP contribution in [0, 0.1) is 34.5 Å². The van der Waals surface area contributed by atoms with Gasteiger partial charge in [0.1, 0.15) is 0 Å². The lowest BCUT2D eigenvalue weighted by Gasteiger charge is -2.43. The lowest BCUT2D eigenvalue weighted by Crippen LogP contribution is -2.36. The second kappa shape index (κ2) is 8.21. The van der Waals surface area contributed by atoms with E-state index >= 15 is 0 Å². The van der Waals surface area contributed by atoms with Gasteiger partial charge >= 0.3 is 0 Å². The molecule has 2 aliphatic rings. The summed E-state index contributed by atoms with van der Waals surface area (Å²) in [6, 6.07) is 2.81. The van der Waals surface area contributed by atoms with Gasteiger partial charge < -0.3 is 0 Å². The van der Waals surface area contributed by atoms with Crippen LogP contribution in [0.15, 0.2) is 0 Å². The Labute approximate surface area is 132 Å². The van der Waals surface area contributed by atoms with E-state index in [4.69, 9.17) is 0 Å². The minimum atomic E-state index is 0.0555. The lowest BCUT2D eigenvalue weighted by atomic mass is 9.59. The van der Waals surface area contributed by atoms with Crippen LogP contribution in [0.5, 0.6) is 0 Å². The van der Waals surface area contributed by atoms with E-state index in [2.05, 4.69) is 19.9 Å². The summed E-state index contributed by atoms with van der Waals surface area (Å²) in [7, 11) is 0. The summed E-state index contributed by atoms with van der Waals surface area (Å²) in [6.07, 6.45) is 17.3. The van der Waals surface area contributed by atoms with Crippen molar-refractivity contribution in [3.8, 4) is 6.07 Å². The first-order valence-electron chi connectivity index (χ1n) is 9.65. The Morgan fingerprint density at radius 2 is 1.48 bits per heavy atom. The molecule has 2 saturated carbocycles. The van der Waals surface area contributed by atoms with Gasteiger partial charge in [-0.2, -0.15) is 5.26 Å². The second-order valence-electron chi connectivity index (χ2n) is 7.86. The number of hydrogen-bond acceptors (Lipinski definition) is 1. The van der Waals surface area contributed by atoms with Gasteiger partial charge in [-0.15, -0.1) is 0 Å². The van der Waals surface area contributed by atoms with Crippen molar-refractivity contribution in [3.63, 3.8) is 0 Å². The maximum atomic E-state index is 9.88. The van der Waals surface area contributed by atoms with Gasteiger partial charge in [0.15, 0.2) is 0 Å². The first kappa shape index (κ1) is 16.9. The molecule has 1 nitrogen and oxygen atoms in total. The first-order valence-corrected chi connectivity index (χ1v) is 9.65. The number of hydrogen-bond donors (Lipinski definition) is 0. The third-order valence-corrected chi connectivity index (χ3v) is 6.51. The van der Waals surface area contributed by atoms with E-state index in [1.807, 2.05) is 0 Å². The van der Waals surface area contributed by atoms with Crippen LogP contribution in [0.2, 0.25) is 0 Å². The smallest absolute Gasteiger partial charge is 0.0692 e. The van der Waals surface area contributed by atoms with Crippen molar-refractivity contribution in [3.05, 3.63) is 0 Å². The molecule has 0 aliphatic heterocycles. The summed E-state index contributed by atoms with van der Waals surface area (Å²) < 4.78 is 0. The number of nitrogens with zero attached hydrogens (tertiary/aromatic N) is 1. The third-order valence-electron chi connectivity index (χ3n) is 6.51. The zero-order valence-electron chi connectivity index (χ0n) is 14.4. The third kappa shape index (κ3) is 4.24. The van der Waals surface area contributed by atoms with Crippen LogP contribution >= 0.6 is 0 Å². The molecule has 2 rings (SSSR count). The maximum absolute atomic E-state index is 9.88. The van der Waals surface area contributed by atoms with Gasteiger partial charge in [0.25, 0.3) is 0 Å². The Hall–Kier alpha value is -0.510. The average Bonchev–Trinajstić information content (AvgIpc) is 2.54. The van der Waals surface area contributed by atoms with Gasteiger partial charge in [0, 0.05) is 0 Å². The fourth-order valence-corrected chi connectivity index (χ4v) is 5.00. The van der Waals surface area contributed by atoms with E-state index in [0.29, 0.717) is 5.92 Å². The Kier molecular flexibility index (Phi) is 6.59. The van der Waals surface area contributed by atoms with Gasteiger partial charge in [0.2, 0.25) is 0 Å². The largest absolute Gasteiger partial charge is 0.198 e. The fraction of sp³-hybridized carbons (Fsp3) is 0.950. The molecule has 0 heterocycles. The van der Waals surface area contributed by atoms with Gasteiger partial charge in [0.05, 0.1) is 11.5 Å². The standard InChI is InChI=1S/C20H35N/c1-3-5-7-18-12-14-20(16-21,15-13-18)19-10-8-17(6-4-2)9-11-19/h17-19H,3-15H2,1-2H3/t17?,18-,19?,20-. The van der Waals surface area contributed by atoms with Crippen LogP contribution in [-0.2, 0) is 0 Å². The lowest BCUT2D eigenvalue weighted by molar-refractivity contribution is 0.0846. The molecule has 0 aromatic carbocycles. The normalized spacial score (nSPS) is 37.1. The number of rotatable bonds is 6. The zero-order chi connectivity index (χ0) is 15.1. The van der Waals surface area contributed by atoms with Crippen LogP contribution in [0.3, 0.4) is 0 Å². The molecule has 0 atom stereocenters. The van der Waals surface area contributed by atoms with Crippen molar-refractivity contribution in [2.45, 2.75) is 97.3 Å². The predicted molar refractivity (Wildman–Crippen MR) is 89.9 cm³/mol. The van der Waals surface area contributed by atoms with Gasteiger partial charge in [-0.1, -0.05) is 58.8 Å². The number of unbranched alkanes of at least 4 members (excludes halogenated alkanes) is 1. The molecule has 0 aromatic rings. The Morgan fingerprint density at radius 1 is 0.857 bits per heavy atom. The highest BCUT2D eigenvalue weighted by Gasteiger charge is 2.43. The monoisotopic (exact) mass is 289 g/mol. The molecule has 2 aliphatic carbocycles. The summed E-state index contributed by atoms with van der Waals surface area (Å²) in [5, 5.41) is 9.88. The van der Waals surface area contributed by atoms with E-state index in [1.165, 1.54) is 83.5 Å². The van der Waals surface area contributed by atoms with Crippen molar-refractivity contribution >= 4 is 0 Å². The van der Waals surface area contributed by atoms with Crippen molar-refractivity contribution in [1.29, 1.82) is 5.26 Å². The fourth-order valence-electron chi connectivity index (χ4n) is 5.00. The summed E-state index contributed by atoms with van der Waals surface area (Å²) in [5.41, 5.74) is 0.0555. The van der Waals surface area contributed by atoms with Gasteiger partial charge in [-0.05, 0) is 56.3 Å². The van der Waals surface area contributed by atoms with Crippen molar-refractivity contribution in [2.24, 2.45) is 23.2 Å². The summed E-state index contributed by atoms with van der Waals surface area (Å²) in [4.78, 5) is 0. The van der Waals surface area contributed by atoms with Crippen LogP contribution in [0.1, 0.15) is 97.3 Å². The highest BCUT2D eigenvalue weighted by molar-refractivity contribution is 5.06. The highest BCUT2D eigenvalue weighted by Crippen LogP contribution is 2.50. The average molecular weight is 290 g/mol. The molecule has 0 spiro atoms. The van der Waals surface area contributed by atoms with Crippen molar-refractivity contribution < 1.29 is 0 Å². The molecule has 0 aromatic heterocycles. The van der Waals surface area contributed by atoms with Crippen LogP contribution < -0.4 is 0 Å². The minimum Gasteiger partial charge on any atom is -0.198 e. The van der Waals surface area contributed by atoms with Crippen LogP contribution in [-0.4, -0.2) is 0 Å². The minimum absolute atomic E-state index is 0.0555. The molecule has 120 valence electrons. The van der Waals surface area contributed by atoms with Crippen LogP contribution in [0.25, 0.3) is 0 Å².